The van der Waals surface area contributed by atoms with E-state index in [0.717, 1.165) is 4.90 Å². The summed E-state index contributed by atoms with van der Waals surface area (Å²) < 4.78 is 16.1. The second-order valence-electron chi connectivity index (χ2n) is 7.44. The molecule has 0 aliphatic carbocycles. The van der Waals surface area contributed by atoms with Crippen LogP contribution in [0.3, 0.4) is 0 Å². The number of nitrogens with one attached hydrogen (secondary N) is 1. The fourth-order valence-electron chi connectivity index (χ4n) is 3.62. The van der Waals surface area contributed by atoms with Gasteiger partial charge in [0.05, 0.1) is 19.9 Å². The summed E-state index contributed by atoms with van der Waals surface area (Å²) in [5.41, 5.74) is -0.0879. The summed E-state index contributed by atoms with van der Waals surface area (Å²) in [6.07, 6.45) is 1.19. The lowest BCUT2D eigenvalue weighted by Gasteiger charge is -2.29. The number of hydrogen-bond donors (Lipinski definition) is 2. The molecule has 0 radical (unpaired) electrons. The third-order valence-corrected chi connectivity index (χ3v) is 5.55. The van der Waals surface area contributed by atoms with Crippen molar-refractivity contribution < 1.29 is 33.7 Å². The quantitative estimate of drug-likeness (QED) is 0.282. The summed E-state index contributed by atoms with van der Waals surface area (Å²) in [4.78, 5) is 39.2. The monoisotopic (exact) mass is 504 g/mol. The maximum atomic E-state index is 13.4. The number of benzene rings is 3. The fraction of sp³-hybridized carbons (Fsp3) is 0.0769. The Morgan fingerprint density at radius 1 is 0.944 bits per heavy atom. The van der Waals surface area contributed by atoms with Gasteiger partial charge in [0.1, 0.15) is 22.6 Å². The summed E-state index contributed by atoms with van der Waals surface area (Å²) in [6.45, 7) is 0. The highest BCUT2D eigenvalue weighted by atomic mass is 32.1. The first-order chi connectivity index (χ1) is 17.3. The average molecular weight is 505 g/mol. The Morgan fingerprint density at radius 2 is 1.61 bits per heavy atom. The molecule has 1 heterocycles. The smallest absolute Gasteiger partial charge is 0.340 e. The molecule has 9 nitrogen and oxygen atoms in total. The number of ether oxygens (including phenoxy) is 3. The Balaban J connectivity index is 1.69. The van der Waals surface area contributed by atoms with Crippen LogP contribution < -0.4 is 24.4 Å². The van der Waals surface area contributed by atoms with E-state index in [-0.39, 0.29) is 33.3 Å². The van der Waals surface area contributed by atoms with Crippen LogP contribution in [0.15, 0.2) is 72.3 Å². The molecular formula is C26H20N2O7S. The molecule has 0 atom stereocenters. The largest absolute Gasteiger partial charge is 0.493 e. The van der Waals surface area contributed by atoms with Gasteiger partial charge in [-0.3, -0.25) is 19.8 Å². The third-order valence-electron chi connectivity index (χ3n) is 5.27. The Hall–Kier alpha value is -4.70. The molecule has 0 bridgehead atoms. The van der Waals surface area contributed by atoms with E-state index in [0.29, 0.717) is 17.2 Å². The van der Waals surface area contributed by atoms with Gasteiger partial charge < -0.3 is 19.3 Å². The number of rotatable bonds is 7. The topological polar surface area (TPSA) is 114 Å². The van der Waals surface area contributed by atoms with Gasteiger partial charge in [0.2, 0.25) is 0 Å². The molecule has 3 aromatic carbocycles. The van der Waals surface area contributed by atoms with Crippen LogP contribution in [-0.4, -0.2) is 42.2 Å². The number of hydrogen-bond acceptors (Lipinski definition) is 7. The number of amides is 2. The summed E-state index contributed by atoms with van der Waals surface area (Å²) >= 11 is 5.24. The molecule has 36 heavy (non-hydrogen) atoms. The molecule has 4 rings (SSSR count). The zero-order valence-corrected chi connectivity index (χ0v) is 20.0. The van der Waals surface area contributed by atoms with Crippen molar-refractivity contribution in [2.45, 2.75) is 0 Å². The molecule has 1 aliphatic heterocycles. The van der Waals surface area contributed by atoms with E-state index in [2.05, 4.69) is 5.32 Å². The van der Waals surface area contributed by atoms with E-state index in [1.54, 1.807) is 24.3 Å². The number of carbonyl (C=O) groups excluding carboxylic acids is 2. The number of nitrogens with zero attached hydrogens (tertiary/aromatic N) is 1. The van der Waals surface area contributed by atoms with Gasteiger partial charge >= 0.3 is 5.97 Å². The van der Waals surface area contributed by atoms with Crippen LogP contribution in [0.5, 0.6) is 23.0 Å². The van der Waals surface area contributed by atoms with E-state index in [1.165, 1.54) is 32.4 Å². The van der Waals surface area contributed by atoms with E-state index < -0.39 is 17.8 Å². The predicted molar refractivity (Wildman–Crippen MR) is 136 cm³/mol. The van der Waals surface area contributed by atoms with Crippen LogP contribution in [0.1, 0.15) is 15.9 Å². The van der Waals surface area contributed by atoms with Crippen LogP contribution >= 0.6 is 12.2 Å². The molecule has 1 fully saturated rings. The number of para-hydroxylation sites is 1. The fourth-order valence-corrected chi connectivity index (χ4v) is 3.90. The number of carboxylic acid groups (broad SMARTS) is 1. The molecule has 1 saturated heterocycles. The highest BCUT2D eigenvalue weighted by Crippen LogP contribution is 2.35. The molecular weight excluding hydrogens is 484 g/mol. The van der Waals surface area contributed by atoms with Crippen molar-refractivity contribution in [2.75, 3.05) is 19.1 Å². The van der Waals surface area contributed by atoms with Gasteiger partial charge in [-0.2, -0.15) is 0 Å². The molecule has 0 aromatic heterocycles. The number of carbonyl (C=O) groups is 3. The average Bonchev–Trinajstić information content (AvgIpc) is 2.87. The lowest BCUT2D eigenvalue weighted by molar-refractivity contribution is -0.122. The summed E-state index contributed by atoms with van der Waals surface area (Å²) in [5.74, 6) is -1.44. The Labute approximate surface area is 211 Å². The SMILES string of the molecule is COc1ccc(C=C2C(=O)NC(=S)N(c3ccc(Oc4ccccc4)cc3)C2=O)c(C(=O)O)c1OC. The highest BCUT2D eigenvalue weighted by Gasteiger charge is 2.35. The van der Waals surface area contributed by atoms with Crippen molar-refractivity contribution in [1.82, 2.24) is 5.32 Å². The maximum absolute atomic E-state index is 13.4. The first-order valence-electron chi connectivity index (χ1n) is 10.6. The Bertz CT molecular complexity index is 1390. The van der Waals surface area contributed by atoms with E-state index >= 15 is 0 Å². The van der Waals surface area contributed by atoms with Crippen LogP contribution in [0.4, 0.5) is 5.69 Å². The zero-order chi connectivity index (χ0) is 25.8. The second kappa shape index (κ2) is 10.3. The third kappa shape index (κ3) is 4.75. The van der Waals surface area contributed by atoms with Crippen molar-refractivity contribution >= 4 is 46.9 Å². The number of methoxy groups -OCH3 is 2. The zero-order valence-electron chi connectivity index (χ0n) is 19.2. The standard InChI is InChI=1S/C26H20N2O7S/c1-33-20-13-8-15(21(25(31)32)22(20)34-2)14-19-23(29)27-26(36)28(24(19)30)16-9-11-18(12-10-16)35-17-6-4-3-5-7-17/h3-14H,1-2H3,(H,31,32)(H,27,29,36). The van der Waals surface area contributed by atoms with Crippen molar-refractivity contribution in [3.8, 4) is 23.0 Å². The molecule has 182 valence electrons. The first-order valence-corrected chi connectivity index (χ1v) is 11.0. The molecule has 1 aliphatic rings. The number of thiocarbonyl (C=S) groups is 1. The summed E-state index contributed by atoms with van der Waals surface area (Å²) in [6, 6.07) is 18.7. The molecule has 2 N–H and O–H groups in total. The lowest BCUT2D eigenvalue weighted by atomic mass is 10.0. The van der Waals surface area contributed by atoms with E-state index in [9.17, 15) is 19.5 Å². The number of anilines is 1. The van der Waals surface area contributed by atoms with E-state index in [1.807, 2.05) is 30.3 Å². The van der Waals surface area contributed by atoms with Crippen LogP contribution in [0.2, 0.25) is 0 Å². The van der Waals surface area contributed by atoms with E-state index in [4.69, 9.17) is 26.4 Å². The lowest BCUT2D eigenvalue weighted by Crippen LogP contribution is -2.54. The highest BCUT2D eigenvalue weighted by molar-refractivity contribution is 7.80. The molecule has 2 amide bonds. The minimum Gasteiger partial charge on any atom is -0.493 e. The van der Waals surface area contributed by atoms with Gasteiger partial charge in [-0.15, -0.1) is 0 Å². The van der Waals surface area contributed by atoms with Gasteiger partial charge in [-0.25, -0.2) is 4.79 Å². The minimum atomic E-state index is -1.32. The molecule has 3 aromatic rings. The number of aromatic carboxylic acids is 1. The van der Waals surface area contributed by atoms with Gasteiger partial charge in [0.25, 0.3) is 11.8 Å². The van der Waals surface area contributed by atoms with Crippen LogP contribution in [0, 0.1) is 0 Å². The minimum absolute atomic E-state index is 0.0376. The maximum Gasteiger partial charge on any atom is 0.340 e. The van der Waals surface area contributed by atoms with Crippen molar-refractivity contribution in [2.24, 2.45) is 0 Å². The van der Waals surface area contributed by atoms with Crippen LogP contribution in [0.25, 0.3) is 6.08 Å². The van der Waals surface area contributed by atoms with Gasteiger partial charge in [0, 0.05) is 0 Å². The van der Waals surface area contributed by atoms with Crippen molar-refractivity contribution in [3.63, 3.8) is 0 Å². The van der Waals surface area contributed by atoms with Gasteiger partial charge in [-0.05, 0) is 66.3 Å². The first kappa shape index (κ1) is 24.4. The normalized spacial score (nSPS) is 14.4. The van der Waals surface area contributed by atoms with Crippen LogP contribution in [-0.2, 0) is 9.59 Å². The molecule has 10 heteroatoms. The van der Waals surface area contributed by atoms with Gasteiger partial charge in [-0.1, -0.05) is 24.3 Å². The van der Waals surface area contributed by atoms with Crippen molar-refractivity contribution in [3.05, 3.63) is 83.4 Å². The Kier molecular flexibility index (Phi) is 6.98. The Morgan fingerprint density at radius 3 is 2.22 bits per heavy atom. The second-order valence-corrected chi connectivity index (χ2v) is 7.82. The molecule has 0 spiro atoms. The molecule has 0 unspecified atom stereocenters. The molecule has 0 saturated carbocycles. The summed E-state index contributed by atoms with van der Waals surface area (Å²) in [7, 11) is 2.67. The number of carboxylic acids is 1. The van der Waals surface area contributed by atoms with Gasteiger partial charge in [0.15, 0.2) is 16.6 Å². The predicted octanol–water partition coefficient (Wildman–Crippen LogP) is 4.03. The summed E-state index contributed by atoms with van der Waals surface area (Å²) in [5, 5.41) is 12.1. The van der Waals surface area contributed by atoms with Crippen molar-refractivity contribution in [1.29, 1.82) is 0 Å².